The van der Waals surface area contributed by atoms with E-state index < -0.39 is 0 Å². The first-order valence-corrected chi connectivity index (χ1v) is 6.27. The summed E-state index contributed by atoms with van der Waals surface area (Å²) in [7, 11) is -0.0214. The van der Waals surface area contributed by atoms with Crippen molar-refractivity contribution >= 4 is 10.0 Å². The normalized spacial score (nSPS) is 29.2. The number of hydrogen-bond donors (Lipinski definition) is 0. The van der Waals surface area contributed by atoms with E-state index in [0.29, 0.717) is 0 Å². The van der Waals surface area contributed by atoms with Crippen molar-refractivity contribution in [3.63, 3.8) is 0 Å². The van der Waals surface area contributed by atoms with Crippen LogP contribution >= 0.6 is 10.0 Å². The Labute approximate surface area is 60.3 Å². The van der Waals surface area contributed by atoms with E-state index >= 15 is 0 Å². The summed E-state index contributed by atoms with van der Waals surface area (Å²) in [5, 5.41) is 0. The third-order valence-corrected chi connectivity index (χ3v) is 7.50. The highest BCUT2D eigenvalue weighted by atomic mass is 32.3. The summed E-state index contributed by atoms with van der Waals surface area (Å²) < 4.78 is 0. The first kappa shape index (κ1) is 7.46. The van der Waals surface area contributed by atoms with Crippen molar-refractivity contribution in [3.05, 3.63) is 0 Å². The molecule has 0 unspecified atom stereocenters. The predicted octanol–water partition coefficient (Wildman–Crippen LogP) is 2.48. The van der Waals surface area contributed by atoms with E-state index in [1.54, 1.807) is 11.5 Å². The summed E-state index contributed by atoms with van der Waals surface area (Å²) in [6.45, 7) is 7.12. The van der Waals surface area contributed by atoms with Gasteiger partial charge in [-0.15, -0.1) is 0 Å². The summed E-state index contributed by atoms with van der Waals surface area (Å²) in [5.74, 6) is 7.15. The monoisotopic (exact) mass is 146 g/mol. The van der Waals surface area contributed by atoms with Crippen molar-refractivity contribution in [2.24, 2.45) is 5.92 Å². The molecule has 0 N–H and O–H groups in total. The zero-order valence-corrected chi connectivity index (χ0v) is 7.63. The zero-order chi connectivity index (χ0) is 6.91. The fraction of sp³-hybridized carbons (Fsp3) is 1.00. The van der Waals surface area contributed by atoms with Gasteiger partial charge in [0.2, 0.25) is 0 Å². The van der Waals surface area contributed by atoms with Gasteiger partial charge in [0.25, 0.3) is 0 Å². The summed E-state index contributed by atoms with van der Waals surface area (Å²) in [6.07, 6.45) is 0. The van der Waals surface area contributed by atoms with Gasteiger partial charge in [0.15, 0.2) is 0 Å². The molecule has 0 aliphatic carbocycles. The third kappa shape index (κ3) is 1.26. The van der Waals surface area contributed by atoms with Crippen molar-refractivity contribution in [2.45, 2.75) is 20.8 Å². The van der Waals surface area contributed by atoms with Crippen LogP contribution in [0.3, 0.4) is 0 Å². The van der Waals surface area contributed by atoms with E-state index in [-0.39, 0.29) is 10.0 Å². The van der Waals surface area contributed by atoms with Gasteiger partial charge in [0.1, 0.15) is 0 Å². The molecule has 0 aromatic heterocycles. The largest absolute Gasteiger partial charge is 0.241 e. The summed E-state index contributed by atoms with van der Waals surface area (Å²) in [6, 6.07) is 0. The van der Waals surface area contributed by atoms with E-state index in [0.717, 1.165) is 5.92 Å². The van der Waals surface area contributed by atoms with Crippen LogP contribution in [-0.4, -0.2) is 23.0 Å². The minimum Gasteiger partial charge on any atom is -0.241 e. The maximum Gasteiger partial charge on any atom is -0.0195 e. The second-order valence-electron chi connectivity index (χ2n) is 3.24. The minimum atomic E-state index is -0.0214. The first-order valence-electron chi connectivity index (χ1n) is 3.96. The van der Waals surface area contributed by atoms with E-state index in [2.05, 4.69) is 20.8 Å². The first-order chi connectivity index (χ1) is 4.22. The van der Waals surface area contributed by atoms with Crippen molar-refractivity contribution < 1.29 is 0 Å². The van der Waals surface area contributed by atoms with E-state index in [1.165, 1.54) is 11.5 Å². The van der Waals surface area contributed by atoms with Crippen LogP contribution in [0, 0.1) is 5.92 Å². The lowest BCUT2D eigenvalue weighted by Gasteiger charge is -2.51. The Morgan fingerprint density at radius 1 is 1.22 bits per heavy atom. The topological polar surface area (TPSA) is 0 Å². The van der Waals surface area contributed by atoms with Crippen LogP contribution < -0.4 is 0 Å². The molecule has 1 aliphatic rings. The highest BCUT2D eigenvalue weighted by molar-refractivity contribution is 8.34. The molecule has 56 valence electrons. The molecule has 0 nitrogen and oxygen atoms in total. The molecule has 1 aliphatic heterocycles. The van der Waals surface area contributed by atoms with E-state index in [1.807, 2.05) is 0 Å². The van der Waals surface area contributed by atoms with Gasteiger partial charge >= 0.3 is 0 Å². The lowest BCUT2D eigenvalue weighted by Crippen LogP contribution is -2.33. The van der Waals surface area contributed by atoms with Crippen molar-refractivity contribution in [1.82, 2.24) is 0 Å². The zero-order valence-electron chi connectivity index (χ0n) is 6.81. The molecule has 0 aromatic carbocycles. The molecule has 1 fully saturated rings. The van der Waals surface area contributed by atoms with Crippen LogP contribution in [0.1, 0.15) is 20.8 Å². The summed E-state index contributed by atoms with van der Waals surface area (Å²) in [5.41, 5.74) is 0. The second kappa shape index (κ2) is 2.53. The Morgan fingerprint density at radius 2 is 1.67 bits per heavy atom. The standard InChI is InChI=1S/C8H18S/c1-4-9(5-2)6-8(3)7-9/h8H,4-7H2,1-3H3. The molecule has 0 radical (unpaired) electrons. The molecular weight excluding hydrogens is 128 g/mol. The minimum absolute atomic E-state index is 0.0214. The lowest BCUT2D eigenvalue weighted by atomic mass is 10.2. The predicted molar refractivity (Wildman–Crippen MR) is 47.6 cm³/mol. The highest BCUT2D eigenvalue weighted by Crippen LogP contribution is 2.58. The smallest absolute Gasteiger partial charge is 0.0195 e. The van der Waals surface area contributed by atoms with Gasteiger partial charge in [-0.05, 0) is 28.9 Å². The molecule has 0 bridgehead atoms. The molecule has 1 rings (SSSR count). The summed E-state index contributed by atoms with van der Waals surface area (Å²) in [4.78, 5) is 0. The van der Waals surface area contributed by atoms with E-state index in [4.69, 9.17) is 0 Å². The maximum absolute atomic E-state index is 2.39. The quantitative estimate of drug-likeness (QED) is 0.561. The van der Waals surface area contributed by atoms with Gasteiger partial charge in [-0.2, -0.15) is 0 Å². The van der Waals surface area contributed by atoms with Gasteiger partial charge in [-0.25, -0.2) is 10.0 Å². The van der Waals surface area contributed by atoms with Crippen molar-refractivity contribution in [1.29, 1.82) is 0 Å². The van der Waals surface area contributed by atoms with Gasteiger partial charge in [-0.3, -0.25) is 0 Å². The Hall–Kier alpha value is 0.350. The molecular formula is C8H18S. The van der Waals surface area contributed by atoms with E-state index in [9.17, 15) is 0 Å². The molecule has 0 aromatic rings. The summed E-state index contributed by atoms with van der Waals surface area (Å²) >= 11 is 0. The van der Waals surface area contributed by atoms with Crippen LogP contribution in [0.5, 0.6) is 0 Å². The molecule has 9 heavy (non-hydrogen) atoms. The average molecular weight is 146 g/mol. The fourth-order valence-electron chi connectivity index (χ4n) is 1.83. The average Bonchev–Trinajstić information content (AvgIpc) is 1.81. The Morgan fingerprint density at radius 3 is 1.78 bits per heavy atom. The Kier molecular flexibility index (Phi) is 2.10. The van der Waals surface area contributed by atoms with Crippen LogP contribution in [0.4, 0.5) is 0 Å². The second-order valence-corrected chi connectivity index (χ2v) is 7.51. The van der Waals surface area contributed by atoms with Crippen LogP contribution in [0.25, 0.3) is 0 Å². The van der Waals surface area contributed by atoms with Crippen LogP contribution in [-0.2, 0) is 0 Å². The maximum atomic E-state index is 2.39. The lowest BCUT2D eigenvalue weighted by molar-refractivity contribution is 0.700. The molecule has 0 atom stereocenters. The third-order valence-electron chi connectivity index (χ3n) is 2.50. The van der Waals surface area contributed by atoms with Gasteiger partial charge in [0, 0.05) is 0 Å². The molecule has 1 heterocycles. The van der Waals surface area contributed by atoms with Gasteiger partial charge in [0.05, 0.1) is 0 Å². The molecule has 1 heteroatoms. The van der Waals surface area contributed by atoms with Crippen molar-refractivity contribution in [3.8, 4) is 0 Å². The molecule has 0 spiro atoms. The van der Waals surface area contributed by atoms with Gasteiger partial charge < -0.3 is 0 Å². The highest BCUT2D eigenvalue weighted by Gasteiger charge is 2.33. The number of rotatable bonds is 2. The van der Waals surface area contributed by atoms with Crippen LogP contribution in [0.2, 0.25) is 0 Å². The Bertz CT molecular complexity index is 86.7. The van der Waals surface area contributed by atoms with Crippen LogP contribution in [0.15, 0.2) is 0 Å². The van der Waals surface area contributed by atoms with Crippen molar-refractivity contribution in [2.75, 3.05) is 23.0 Å². The van der Waals surface area contributed by atoms with Gasteiger partial charge in [-0.1, -0.05) is 20.8 Å². The number of hydrogen-bond acceptors (Lipinski definition) is 0. The fourth-order valence-corrected chi connectivity index (χ4v) is 5.50. The molecule has 1 saturated heterocycles. The SMILES string of the molecule is CCS1(CC)CC(C)C1. The Balaban J connectivity index is 2.36. The molecule has 0 saturated carbocycles. The molecule has 0 amide bonds.